The van der Waals surface area contributed by atoms with Gasteiger partial charge in [0.1, 0.15) is 0 Å². The summed E-state index contributed by atoms with van der Waals surface area (Å²) in [7, 11) is 0. The normalized spacial score (nSPS) is 33.0. The number of likely N-dealkylation sites (tertiary alicyclic amines) is 1. The van der Waals surface area contributed by atoms with Gasteiger partial charge in [0.2, 0.25) is 5.91 Å². The van der Waals surface area contributed by atoms with Crippen LogP contribution in [0.15, 0.2) is 0 Å². The second-order valence-electron chi connectivity index (χ2n) is 4.91. The topological polar surface area (TPSA) is 78.6 Å². The zero-order valence-corrected chi connectivity index (χ0v) is 9.56. The minimum absolute atomic E-state index is 0.191. The lowest BCUT2D eigenvalue weighted by molar-refractivity contribution is -0.125. The third-order valence-electron chi connectivity index (χ3n) is 3.65. The van der Waals surface area contributed by atoms with E-state index in [-0.39, 0.29) is 5.91 Å². The Kier molecular flexibility index (Phi) is 3.78. The first-order valence-electron chi connectivity index (χ1n) is 6.09. The molecule has 3 unspecified atom stereocenters. The van der Waals surface area contributed by atoms with Crippen molar-refractivity contribution in [2.75, 3.05) is 26.2 Å². The summed E-state index contributed by atoms with van der Waals surface area (Å²) >= 11 is 0. The van der Waals surface area contributed by atoms with E-state index in [1.165, 1.54) is 0 Å². The number of aliphatic hydroxyl groups is 1. The molecule has 4 N–H and O–H groups in total. The second kappa shape index (κ2) is 5.12. The number of carbonyl (C=O) groups is 1. The number of nitrogens with zero attached hydrogens (tertiary/aromatic N) is 1. The molecule has 0 aromatic carbocycles. The Labute approximate surface area is 96.0 Å². The Morgan fingerprint density at radius 2 is 2.38 bits per heavy atom. The number of β-amino-alcohol motifs (C(OH)–C–C–N with tert-alkyl or cyclic N) is 1. The lowest BCUT2D eigenvalue weighted by atomic mass is 9.85. The molecule has 0 spiro atoms. The van der Waals surface area contributed by atoms with E-state index in [1.807, 2.05) is 0 Å². The molecule has 2 heterocycles. The largest absolute Gasteiger partial charge is 0.390 e. The minimum atomic E-state index is -0.422. The predicted octanol–water partition coefficient (Wildman–Crippen LogP) is -1.09. The van der Waals surface area contributed by atoms with E-state index in [0.29, 0.717) is 31.5 Å². The second-order valence-corrected chi connectivity index (χ2v) is 4.91. The molecule has 3 atom stereocenters. The van der Waals surface area contributed by atoms with Gasteiger partial charge in [0.05, 0.1) is 6.10 Å². The van der Waals surface area contributed by atoms with E-state index in [9.17, 15) is 9.90 Å². The number of rotatable bonds is 3. The monoisotopic (exact) mass is 227 g/mol. The quantitative estimate of drug-likeness (QED) is 0.572. The Morgan fingerprint density at radius 3 is 3.12 bits per heavy atom. The maximum absolute atomic E-state index is 11.2. The molecule has 2 saturated heterocycles. The molecule has 0 aromatic heterocycles. The van der Waals surface area contributed by atoms with Crippen molar-refractivity contribution in [1.29, 1.82) is 0 Å². The molecule has 5 nitrogen and oxygen atoms in total. The summed E-state index contributed by atoms with van der Waals surface area (Å²) < 4.78 is 0. The summed E-state index contributed by atoms with van der Waals surface area (Å²) in [5.41, 5.74) is 5.41. The van der Waals surface area contributed by atoms with Gasteiger partial charge in [-0.05, 0) is 18.8 Å². The van der Waals surface area contributed by atoms with Crippen molar-refractivity contribution in [1.82, 2.24) is 10.2 Å². The fourth-order valence-electron chi connectivity index (χ4n) is 2.72. The van der Waals surface area contributed by atoms with Gasteiger partial charge in [0, 0.05) is 38.6 Å². The van der Waals surface area contributed by atoms with Crippen LogP contribution >= 0.6 is 0 Å². The van der Waals surface area contributed by atoms with Crippen molar-refractivity contribution in [3.8, 4) is 0 Å². The van der Waals surface area contributed by atoms with Crippen molar-refractivity contribution < 1.29 is 9.90 Å². The number of piperidine rings is 2. The highest BCUT2D eigenvalue weighted by atomic mass is 16.3. The van der Waals surface area contributed by atoms with Gasteiger partial charge in [-0.15, -0.1) is 0 Å². The van der Waals surface area contributed by atoms with E-state index < -0.39 is 6.10 Å². The lowest BCUT2D eigenvalue weighted by Gasteiger charge is -2.41. The molecule has 0 aliphatic carbocycles. The molecule has 0 aromatic rings. The third kappa shape index (κ3) is 2.72. The summed E-state index contributed by atoms with van der Waals surface area (Å²) in [6.07, 6.45) is 2.20. The molecule has 2 aliphatic heterocycles. The van der Waals surface area contributed by atoms with Crippen LogP contribution in [0.5, 0.6) is 0 Å². The number of nitrogens with two attached hydrogens (primary N) is 1. The maximum atomic E-state index is 11.2. The highest BCUT2D eigenvalue weighted by Gasteiger charge is 2.33. The van der Waals surface area contributed by atoms with Gasteiger partial charge in [-0.25, -0.2) is 0 Å². The van der Waals surface area contributed by atoms with Crippen molar-refractivity contribution >= 4 is 5.91 Å². The SMILES string of the molecule is NCC(O)CN1CCC2NC(=O)CCC2C1. The Hall–Kier alpha value is -0.650. The smallest absolute Gasteiger partial charge is 0.220 e. The molecule has 16 heavy (non-hydrogen) atoms. The molecule has 5 heteroatoms. The number of aliphatic hydroxyl groups excluding tert-OH is 1. The number of fused-ring (bicyclic) bond motifs is 1. The Morgan fingerprint density at radius 1 is 1.56 bits per heavy atom. The van der Waals surface area contributed by atoms with E-state index in [1.54, 1.807) is 0 Å². The fraction of sp³-hybridized carbons (Fsp3) is 0.909. The lowest BCUT2D eigenvalue weighted by Crippen LogP contribution is -2.55. The van der Waals surface area contributed by atoms with E-state index in [4.69, 9.17) is 5.73 Å². The molecule has 92 valence electrons. The molecular weight excluding hydrogens is 206 g/mol. The molecule has 2 fully saturated rings. The number of hydrogen-bond donors (Lipinski definition) is 3. The predicted molar refractivity (Wildman–Crippen MR) is 60.8 cm³/mol. The van der Waals surface area contributed by atoms with Crippen LogP contribution in [0, 0.1) is 5.92 Å². The van der Waals surface area contributed by atoms with Crippen LogP contribution in [0.3, 0.4) is 0 Å². The molecule has 0 radical (unpaired) electrons. The van der Waals surface area contributed by atoms with E-state index in [0.717, 1.165) is 25.9 Å². The van der Waals surface area contributed by atoms with Gasteiger partial charge in [0.25, 0.3) is 0 Å². The zero-order valence-electron chi connectivity index (χ0n) is 9.56. The van der Waals surface area contributed by atoms with Crippen LogP contribution in [0.2, 0.25) is 0 Å². The van der Waals surface area contributed by atoms with E-state index in [2.05, 4.69) is 10.2 Å². The third-order valence-corrected chi connectivity index (χ3v) is 3.65. The van der Waals surface area contributed by atoms with Gasteiger partial charge in [-0.3, -0.25) is 4.79 Å². The van der Waals surface area contributed by atoms with Crippen LogP contribution < -0.4 is 11.1 Å². The number of carbonyl (C=O) groups excluding carboxylic acids is 1. The summed E-state index contributed by atoms with van der Waals surface area (Å²) in [4.78, 5) is 13.5. The molecule has 2 rings (SSSR count). The molecule has 2 aliphatic rings. The Bertz CT molecular complexity index is 260. The average molecular weight is 227 g/mol. The first kappa shape index (κ1) is 11.8. The van der Waals surface area contributed by atoms with Gasteiger partial charge in [0.15, 0.2) is 0 Å². The molecule has 1 amide bonds. The first-order valence-corrected chi connectivity index (χ1v) is 6.09. The van der Waals surface area contributed by atoms with Gasteiger partial charge in [-0.2, -0.15) is 0 Å². The van der Waals surface area contributed by atoms with E-state index >= 15 is 0 Å². The zero-order chi connectivity index (χ0) is 11.5. The van der Waals surface area contributed by atoms with Crippen molar-refractivity contribution in [2.45, 2.75) is 31.4 Å². The summed E-state index contributed by atoms with van der Waals surface area (Å²) in [5, 5.41) is 12.6. The summed E-state index contributed by atoms with van der Waals surface area (Å²) in [5.74, 6) is 0.744. The highest BCUT2D eigenvalue weighted by Crippen LogP contribution is 2.25. The van der Waals surface area contributed by atoms with Crippen LogP contribution in [0.1, 0.15) is 19.3 Å². The maximum Gasteiger partial charge on any atom is 0.220 e. The standard InChI is InChI=1S/C11H21N3O2/c12-5-9(15)7-14-4-3-10-8(6-14)1-2-11(16)13-10/h8-10,15H,1-7,12H2,(H,13,16). The van der Waals surface area contributed by atoms with Gasteiger partial charge in [-0.1, -0.05) is 0 Å². The van der Waals surface area contributed by atoms with Crippen molar-refractivity contribution in [3.05, 3.63) is 0 Å². The summed E-state index contributed by atoms with van der Waals surface area (Å²) in [6.45, 7) is 2.90. The van der Waals surface area contributed by atoms with Crippen molar-refractivity contribution in [2.24, 2.45) is 11.7 Å². The van der Waals surface area contributed by atoms with Crippen LogP contribution in [-0.2, 0) is 4.79 Å². The van der Waals surface area contributed by atoms with Crippen LogP contribution in [-0.4, -0.2) is 54.2 Å². The van der Waals surface area contributed by atoms with Gasteiger partial charge < -0.3 is 21.1 Å². The number of amides is 1. The molecule has 0 saturated carbocycles. The number of nitrogens with one attached hydrogen (secondary N) is 1. The Balaban J connectivity index is 1.83. The molecule has 0 bridgehead atoms. The molecular formula is C11H21N3O2. The number of hydrogen-bond acceptors (Lipinski definition) is 4. The van der Waals surface area contributed by atoms with Crippen LogP contribution in [0.25, 0.3) is 0 Å². The van der Waals surface area contributed by atoms with Crippen LogP contribution in [0.4, 0.5) is 0 Å². The first-order chi connectivity index (χ1) is 7.69. The average Bonchev–Trinajstić information content (AvgIpc) is 2.29. The highest BCUT2D eigenvalue weighted by molar-refractivity contribution is 5.77. The fourth-order valence-corrected chi connectivity index (χ4v) is 2.72. The summed E-state index contributed by atoms with van der Waals surface area (Å²) in [6, 6.07) is 0.354. The van der Waals surface area contributed by atoms with Crippen molar-refractivity contribution in [3.63, 3.8) is 0 Å². The minimum Gasteiger partial charge on any atom is -0.390 e. The van der Waals surface area contributed by atoms with Gasteiger partial charge >= 0.3 is 0 Å².